The summed E-state index contributed by atoms with van der Waals surface area (Å²) in [5.74, 6) is 0. The van der Waals surface area contributed by atoms with Crippen LogP contribution in [0.15, 0.2) is 0 Å². The standard InChI is InChI=1S/C9H17F3N2/c1-7(2)14-4-3-8(5-14)13-6-9(10,11)12/h7-8,13H,3-6H2,1-2H3/t8-/m0/s1. The smallest absolute Gasteiger partial charge is 0.305 e. The molecular weight excluding hydrogens is 193 g/mol. The molecule has 0 amide bonds. The van der Waals surface area contributed by atoms with Crippen LogP contribution in [-0.4, -0.2) is 42.8 Å². The molecular formula is C9H17F3N2. The maximum absolute atomic E-state index is 11.9. The first-order chi connectivity index (χ1) is 6.38. The maximum Gasteiger partial charge on any atom is 0.401 e. The first-order valence-corrected chi connectivity index (χ1v) is 4.92. The molecule has 5 heteroatoms. The van der Waals surface area contributed by atoms with Crippen molar-refractivity contribution in [2.75, 3.05) is 19.6 Å². The zero-order valence-electron chi connectivity index (χ0n) is 8.56. The molecule has 2 nitrogen and oxygen atoms in total. The van der Waals surface area contributed by atoms with Gasteiger partial charge in [-0.2, -0.15) is 13.2 Å². The second-order valence-corrected chi connectivity index (χ2v) is 4.07. The fraction of sp³-hybridized carbons (Fsp3) is 1.00. The van der Waals surface area contributed by atoms with Gasteiger partial charge in [0.15, 0.2) is 0 Å². The molecule has 0 unspecified atom stereocenters. The van der Waals surface area contributed by atoms with Crippen LogP contribution < -0.4 is 5.32 Å². The molecule has 1 aliphatic heterocycles. The highest BCUT2D eigenvalue weighted by molar-refractivity contribution is 4.83. The normalized spacial score (nSPS) is 24.9. The third-order valence-corrected chi connectivity index (χ3v) is 2.54. The highest BCUT2D eigenvalue weighted by Gasteiger charge is 2.30. The van der Waals surface area contributed by atoms with Gasteiger partial charge in [-0.05, 0) is 26.8 Å². The molecule has 0 bridgehead atoms. The quantitative estimate of drug-likeness (QED) is 0.761. The third kappa shape index (κ3) is 3.84. The van der Waals surface area contributed by atoms with E-state index in [0.717, 1.165) is 19.5 Å². The van der Waals surface area contributed by atoms with Crippen LogP contribution in [0.1, 0.15) is 20.3 Å². The van der Waals surface area contributed by atoms with E-state index in [2.05, 4.69) is 24.1 Å². The Labute approximate surface area is 82.5 Å². The van der Waals surface area contributed by atoms with E-state index in [1.165, 1.54) is 0 Å². The Hall–Kier alpha value is -0.290. The van der Waals surface area contributed by atoms with Crippen LogP contribution in [0.5, 0.6) is 0 Å². The zero-order chi connectivity index (χ0) is 10.8. The van der Waals surface area contributed by atoms with Crippen molar-refractivity contribution in [3.8, 4) is 0 Å². The van der Waals surface area contributed by atoms with E-state index in [1.807, 2.05) is 0 Å². The van der Waals surface area contributed by atoms with Gasteiger partial charge in [0.05, 0.1) is 6.54 Å². The highest BCUT2D eigenvalue weighted by Crippen LogP contribution is 2.16. The lowest BCUT2D eigenvalue weighted by molar-refractivity contribution is -0.126. The lowest BCUT2D eigenvalue weighted by atomic mass is 10.2. The molecule has 84 valence electrons. The maximum atomic E-state index is 11.9. The fourth-order valence-corrected chi connectivity index (χ4v) is 1.68. The van der Waals surface area contributed by atoms with Crippen LogP contribution in [0.25, 0.3) is 0 Å². The van der Waals surface area contributed by atoms with Gasteiger partial charge in [0.1, 0.15) is 0 Å². The molecule has 1 rings (SSSR count). The van der Waals surface area contributed by atoms with E-state index >= 15 is 0 Å². The molecule has 1 saturated heterocycles. The summed E-state index contributed by atoms with van der Waals surface area (Å²) in [5, 5.41) is 2.54. The summed E-state index contributed by atoms with van der Waals surface area (Å²) >= 11 is 0. The first-order valence-electron chi connectivity index (χ1n) is 4.92. The zero-order valence-corrected chi connectivity index (χ0v) is 8.56. The molecule has 0 aromatic heterocycles. The minimum absolute atomic E-state index is 0.000903. The molecule has 1 aliphatic rings. The minimum Gasteiger partial charge on any atom is -0.305 e. The summed E-state index contributed by atoms with van der Waals surface area (Å²) in [6.07, 6.45) is -3.28. The van der Waals surface area contributed by atoms with E-state index in [0.29, 0.717) is 6.04 Å². The average Bonchev–Trinajstić information content (AvgIpc) is 2.47. The molecule has 0 aromatic rings. The predicted octanol–water partition coefficient (Wildman–Crippen LogP) is 1.62. The molecule has 0 saturated carbocycles. The molecule has 1 heterocycles. The van der Waals surface area contributed by atoms with Crippen molar-refractivity contribution < 1.29 is 13.2 Å². The van der Waals surface area contributed by atoms with Crippen molar-refractivity contribution in [2.24, 2.45) is 0 Å². The Morgan fingerprint density at radius 2 is 2.07 bits per heavy atom. The van der Waals surface area contributed by atoms with Gasteiger partial charge < -0.3 is 5.32 Å². The van der Waals surface area contributed by atoms with Crippen molar-refractivity contribution >= 4 is 0 Å². The third-order valence-electron chi connectivity index (χ3n) is 2.54. The Morgan fingerprint density at radius 3 is 2.50 bits per heavy atom. The SMILES string of the molecule is CC(C)N1CC[C@H](NCC(F)(F)F)C1. The van der Waals surface area contributed by atoms with Crippen LogP contribution in [0.3, 0.4) is 0 Å². The molecule has 14 heavy (non-hydrogen) atoms. The highest BCUT2D eigenvalue weighted by atomic mass is 19.4. The number of hydrogen-bond acceptors (Lipinski definition) is 2. The molecule has 1 fully saturated rings. The second kappa shape index (κ2) is 4.49. The van der Waals surface area contributed by atoms with Gasteiger partial charge >= 0.3 is 6.18 Å². The molecule has 1 N–H and O–H groups in total. The average molecular weight is 210 g/mol. The summed E-state index contributed by atoms with van der Waals surface area (Å²) in [4.78, 5) is 2.19. The number of hydrogen-bond donors (Lipinski definition) is 1. The lowest BCUT2D eigenvalue weighted by Crippen LogP contribution is -2.39. The number of alkyl halides is 3. The van der Waals surface area contributed by atoms with Crippen LogP contribution >= 0.6 is 0 Å². The lowest BCUT2D eigenvalue weighted by Gasteiger charge is -2.20. The largest absolute Gasteiger partial charge is 0.401 e. The Kier molecular flexibility index (Phi) is 3.78. The van der Waals surface area contributed by atoms with Crippen LogP contribution in [0.2, 0.25) is 0 Å². The number of rotatable bonds is 3. The van der Waals surface area contributed by atoms with E-state index < -0.39 is 12.7 Å². The summed E-state index contributed by atoms with van der Waals surface area (Å²) in [6.45, 7) is 4.88. The van der Waals surface area contributed by atoms with Gasteiger partial charge in [-0.25, -0.2) is 0 Å². The van der Waals surface area contributed by atoms with Crippen LogP contribution in [0.4, 0.5) is 13.2 Å². The second-order valence-electron chi connectivity index (χ2n) is 4.07. The topological polar surface area (TPSA) is 15.3 Å². The van der Waals surface area contributed by atoms with Gasteiger partial charge in [-0.1, -0.05) is 0 Å². The van der Waals surface area contributed by atoms with Crippen molar-refractivity contribution in [3.05, 3.63) is 0 Å². The van der Waals surface area contributed by atoms with Crippen molar-refractivity contribution in [1.82, 2.24) is 10.2 Å². The summed E-state index contributed by atoms with van der Waals surface area (Å²) in [7, 11) is 0. The fourth-order valence-electron chi connectivity index (χ4n) is 1.68. The van der Waals surface area contributed by atoms with Crippen molar-refractivity contribution in [3.63, 3.8) is 0 Å². The summed E-state index contributed by atoms with van der Waals surface area (Å²) in [6, 6.07) is 0.423. The van der Waals surface area contributed by atoms with Crippen LogP contribution in [-0.2, 0) is 0 Å². The van der Waals surface area contributed by atoms with Crippen molar-refractivity contribution in [2.45, 2.75) is 38.5 Å². The van der Waals surface area contributed by atoms with Gasteiger partial charge in [-0.15, -0.1) is 0 Å². The Morgan fingerprint density at radius 1 is 1.43 bits per heavy atom. The minimum atomic E-state index is -4.09. The number of nitrogens with zero attached hydrogens (tertiary/aromatic N) is 1. The number of halogens is 3. The molecule has 0 aliphatic carbocycles. The Balaban J connectivity index is 2.23. The molecule has 0 spiro atoms. The van der Waals surface area contributed by atoms with E-state index in [-0.39, 0.29) is 6.04 Å². The first kappa shape index (κ1) is 11.8. The monoisotopic (exact) mass is 210 g/mol. The summed E-state index contributed by atoms with van der Waals surface area (Å²) in [5.41, 5.74) is 0. The van der Waals surface area contributed by atoms with E-state index in [1.54, 1.807) is 0 Å². The van der Waals surface area contributed by atoms with E-state index in [9.17, 15) is 13.2 Å². The number of likely N-dealkylation sites (tertiary alicyclic amines) is 1. The predicted molar refractivity (Wildman–Crippen MR) is 49.2 cm³/mol. The van der Waals surface area contributed by atoms with Gasteiger partial charge in [0, 0.05) is 18.6 Å². The summed E-state index contributed by atoms with van der Waals surface area (Å²) < 4.78 is 35.7. The molecule has 0 radical (unpaired) electrons. The number of nitrogens with one attached hydrogen (secondary N) is 1. The van der Waals surface area contributed by atoms with Gasteiger partial charge in [0.2, 0.25) is 0 Å². The van der Waals surface area contributed by atoms with Crippen LogP contribution in [0, 0.1) is 0 Å². The molecule has 1 atom stereocenters. The molecule has 0 aromatic carbocycles. The van der Waals surface area contributed by atoms with Gasteiger partial charge in [-0.3, -0.25) is 4.90 Å². The van der Waals surface area contributed by atoms with E-state index in [4.69, 9.17) is 0 Å². The van der Waals surface area contributed by atoms with Gasteiger partial charge in [0.25, 0.3) is 0 Å². The van der Waals surface area contributed by atoms with Crippen molar-refractivity contribution in [1.29, 1.82) is 0 Å². The Bertz CT molecular complexity index is 179.